The Morgan fingerprint density at radius 1 is 0.409 bits per heavy atom. The fourth-order valence-corrected chi connectivity index (χ4v) is 12.5. The molecule has 0 spiro atoms. The molecule has 9 atom stereocenters. The summed E-state index contributed by atoms with van der Waals surface area (Å²) in [6, 6.07) is -7.49. The molecule has 8 aliphatic rings. The number of nitrogens with zero attached hydrogens (tertiary/aromatic N) is 8. The monoisotopic (exact) mass is 939 g/mol. The highest BCUT2D eigenvalue weighted by Crippen LogP contribution is 2.34. The Hall–Kier alpha value is -4.95. The van der Waals surface area contributed by atoms with E-state index < -0.39 is 66.3 Å². The third-order valence-corrected chi connectivity index (χ3v) is 15.9. The minimum atomic E-state index is -1.23. The van der Waals surface area contributed by atoms with Crippen LogP contribution in [0.2, 0.25) is 0 Å². The van der Waals surface area contributed by atoms with Crippen LogP contribution >= 0.6 is 12.6 Å². The van der Waals surface area contributed by atoms with Crippen molar-refractivity contribution in [2.75, 3.05) is 58.1 Å². The molecule has 0 aromatic carbocycles. The van der Waals surface area contributed by atoms with E-state index in [1.807, 2.05) is 0 Å². The maximum absolute atomic E-state index is 14.5. The summed E-state index contributed by atoms with van der Waals surface area (Å²) in [6.07, 6.45) is 8.16. The SMILES string of the molecule is CC(=O)N1CCC[C@H]1C(=O)N1CCC[C@H]1C(=O)N1CCC[C@H]1C(=O)N1CCC[C@H]1C(=O)N1CCC[C@H]1C(=O)N1CCC[C@H]1C(=O)N1CCC[C@H]1C(=O)N1CCC[C@H]1C(=O)N[C@@H](CS)C(=O)O. The molecule has 9 amide bonds. The second-order valence-corrected chi connectivity index (χ2v) is 19.6. The lowest BCUT2D eigenvalue weighted by Gasteiger charge is -2.37. The number of aliphatic carboxylic acids is 1. The number of thiol groups is 1. The third kappa shape index (κ3) is 8.96. The smallest absolute Gasteiger partial charge is 0.327 e. The van der Waals surface area contributed by atoms with Crippen LogP contribution in [-0.4, -0.2) is 216 Å². The van der Waals surface area contributed by atoms with E-state index in [9.17, 15) is 53.1 Å². The van der Waals surface area contributed by atoms with Crippen molar-refractivity contribution in [1.29, 1.82) is 0 Å². The maximum atomic E-state index is 14.5. The van der Waals surface area contributed by atoms with E-state index in [0.29, 0.717) is 149 Å². The number of carbonyl (C=O) groups is 10. The third-order valence-electron chi connectivity index (χ3n) is 15.5. The maximum Gasteiger partial charge on any atom is 0.327 e. The van der Waals surface area contributed by atoms with Gasteiger partial charge in [0, 0.05) is 65.0 Å². The quantitative estimate of drug-likeness (QED) is 0.223. The standard InChI is InChI=1S/C45H65N9O11S/c1-27(55)47-18-3-11-30(47)38(57)49-20-5-13-32(49)40(59)51-22-7-15-34(51)42(61)53-24-9-17-36(53)44(63)54-25-8-16-35(54)43(62)52-23-6-14-33(52)41(60)50-21-4-12-31(50)39(58)48-19-2-10-29(48)37(56)46-28(26-66)45(64)65/h28-36,66H,2-26H2,1H3,(H,46,56)(H,64,65)/t28-,29-,30-,31-,32-,33-,34-,35-,36-/m0/s1. The van der Waals surface area contributed by atoms with Crippen LogP contribution in [0.25, 0.3) is 0 Å². The second kappa shape index (κ2) is 20.1. The van der Waals surface area contributed by atoms with Crippen LogP contribution in [0.3, 0.4) is 0 Å². The Morgan fingerprint density at radius 3 is 0.848 bits per heavy atom. The molecule has 362 valence electrons. The lowest BCUT2D eigenvalue weighted by molar-refractivity contribution is -0.155. The number of carboxylic acid groups (broad SMARTS) is 1. The van der Waals surface area contributed by atoms with Crippen molar-refractivity contribution >= 4 is 71.8 Å². The van der Waals surface area contributed by atoms with E-state index in [1.165, 1.54) is 16.7 Å². The number of carbonyl (C=O) groups excluding carboxylic acids is 9. The van der Waals surface area contributed by atoms with Crippen molar-refractivity contribution in [2.45, 2.75) is 164 Å². The summed E-state index contributed by atoms with van der Waals surface area (Å²) >= 11 is 4.03. The van der Waals surface area contributed by atoms with Crippen molar-refractivity contribution in [3.8, 4) is 0 Å². The van der Waals surface area contributed by atoms with Gasteiger partial charge in [0.25, 0.3) is 0 Å². The van der Waals surface area contributed by atoms with Gasteiger partial charge in [-0.3, -0.25) is 43.2 Å². The molecule has 0 aromatic rings. The number of likely N-dealkylation sites (tertiary alicyclic amines) is 8. The van der Waals surface area contributed by atoms with Crippen LogP contribution in [0.5, 0.6) is 0 Å². The Labute approximate surface area is 390 Å². The number of nitrogens with one attached hydrogen (secondary N) is 1. The Morgan fingerprint density at radius 2 is 0.621 bits per heavy atom. The Balaban J connectivity index is 0.901. The fourth-order valence-electron chi connectivity index (χ4n) is 12.2. The molecule has 8 rings (SSSR count). The van der Waals surface area contributed by atoms with E-state index in [2.05, 4.69) is 17.9 Å². The minimum Gasteiger partial charge on any atom is -0.480 e. The first-order valence-electron chi connectivity index (χ1n) is 24.3. The predicted octanol–water partition coefficient (Wildman–Crippen LogP) is -0.566. The molecule has 8 aliphatic heterocycles. The highest BCUT2D eigenvalue weighted by Gasteiger charge is 2.51. The first-order chi connectivity index (χ1) is 31.7. The normalized spacial score (nSPS) is 30.5. The molecular formula is C45H65N9O11S. The molecule has 0 aliphatic carbocycles. The molecule has 2 N–H and O–H groups in total. The summed E-state index contributed by atoms with van der Waals surface area (Å²) in [5, 5.41) is 11.9. The van der Waals surface area contributed by atoms with Crippen LogP contribution in [0, 0.1) is 0 Å². The molecular weight excluding hydrogens is 875 g/mol. The Kier molecular flexibility index (Phi) is 14.5. The topological polar surface area (TPSA) is 229 Å². The van der Waals surface area contributed by atoms with E-state index in [4.69, 9.17) is 0 Å². The molecule has 0 aromatic heterocycles. The summed E-state index contributed by atoms with van der Waals surface area (Å²) in [7, 11) is 0. The first-order valence-corrected chi connectivity index (χ1v) is 24.9. The number of carboxylic acids is 1. The van der Waals surface area contributed by atoms with Gasteiger partial charge in [0.05, 0.1) is 0 Å². The Bertz CT molecular complexity index is 1990. The highest BCUT2D eigenvalue weighted by molar-refractivity contribution is 7.80. The van der Waals surface area contributed by atoms with Gasteiger partial charge in [-0.25, -0.2) is 4.79 Å². The largest absolute Gasteiger partial charge is 0.480 e. The van der Waals surface area contributed by atoms with Gasteiger partial charge < -0.3 is 49.6 Å². The van der Waals surface area contributed by atoms with E-state index in [-0.39, 0.29) is 53.0 Å². The van der Waals surface area contributed by atoms with E-state index in [1.54, 1.807) is 29.4 Å². The molecule has 0 unspecified atom stereocenters. The summed E-state index contributed by atoms with van der Waals surface area (Å²) < 4.78 is 0. The van der Waals surface area contributed by atoms with Gasteiger partial charge in [-0.05, 0) is 103 Å². The molecule has 8 saturated heterocycles. The first kappa shape index (κ1) is 47.5. The van der Waals surface area contributed by atoms with Crippen molar-refractivity contribution in [3.05, 3.63) is 0 Å². The van der Waals surface area contributed by atoms with Crippen molar-refractivity contribution in [1.82, 2.24) is 44.5 Å². The van der Waals surface area contributed by atoms with Crippen LogP contribution in [-0.2, 0) is 47.9 Å². The average Bonchev–Trinajstić information content (AvgIpc) is 4.18. The summed E-state index contributed by atoms with van der Waals surface area (Å²) in [6.45, 7) is 4.27. The number of rotatable bonds is 11. The van der Waals surface area contributed by atoms with Crippen LogP contribution in [0.4, 0.5) is 0 Å². The zero-order chi connectivity index (χ0) is 47.0. The molecule has 66 heavy (non-hydrogen) atoms. The molecule has 0 radical (unpaired) electrons. The van der Waals surface area contributed by atoms with Crippen LogP contribution in [0.1, 0.15) is 110 Å². The number of amides is 9. The highest BCUT2D eigenvalue weighted by atomic mass is 32.1. The fraction of sp³-hybridized carbons (Fsp3) is 0.778. The van der Waals surface area contributed by atoms with Gasteiger partial charge in [0.2, 0.25) is 53.2 Å². The summed E-state index contributed by atoms with van der Waals surface area (Å²) in [5.41, 5.74) is 0. The van der Waals surface area contributed by atoms with E-state index in [0.717, 1.165) is 6.42 Å². The van der Waals surface area contributed by atoms with Gasteiger partial charge in [0.15, 0.2) is 0 Å². The van der Waals surface area contributed by atoms with Crippen molar-refractivity contribution in [2.24, 2.45) is 0 Å². The second-order valence-electron chi connectivity index (χ2n) is 19.3. The summed E-state index contributed by atoms with van der Waals surface area (Å²) in [4.78, 5) is 149. The summed E-state index contributed by atoms with van der Waals surface area (Å²) in [5.74, 6) is -4.30. The van der Waals surface area contributed by atoms with E-state index >= 15 is 0 Å². The van der Waals surface area contributed by atoms with Gasteiger partial charge >= 0.3 is 5.97 Å². The predicted molar refractivity (Wildman–Crippen MR) is 237 cm³/mol. The lowest BCUT2D eigenvalue weighted by Crippen LogP contribution is -2.59. The average molecular weight is 940 g/mol. The van der Waals surface area contributed by atoms with Crippen LogP contribution < -0.4 is 5.32 Å². The minimum absolute atomic E-state index is 0.117. The lowest BCUT2D eigenvalue weighted by atomic mass is 10.1. The zero-order valence-electron chi connectivity index (χ0n) is 37.9. The zero-order valence-corrected chi connectivity index (χ0v) is 38.8. The molecule has 21 heteroatoms. The van der Waals surface area contributed by atoms with Crippen molar-refractivity contribution in [3.63, 3.8) is 0 Å². The van der Waals surface area contributed by atoms with Gasteiger partial charge in [-0.15, -0.1) is 0 Å². The van der Waals surface area contributed by atoms with Crippen LogP contribution in [0.15, 0.2) is 0 Å². The molecule has 0 saturated carbocycles. The molecule has 8 fully saturated rings. The number of hydrogen-bond donors (Lipinski definition) is 3. The van der Waals surface area contributed by atoms with Gasteiger partial charge in [0.1, 0.15) is 54.4 Å². The molecule has 8 heterocycles. The van der Waals surface area contributed by atoms with Gasteiger partial charge in [-0.1, -0.05) is 0 Å². The van der Waals surface area contributed by atoms with Crippen molar-refractivity contribution < 1.29 is 53.1 Å². The number of hydrogen-bond acceptors (Lipinski definition) is 11. The molecule has 20 nitrogen and oxygen atoms in total. The molecule has 0 bridgehead atoms. The van der Waals surface area contributed by atoms with Gasteiger partial charge in [-0.2, -0.15) is 12.6 Å².